The molecule has 0 aromatic carbocycles. The van der Waals surface area contributed by atoms with E-state index in [1.54, 1.807) is 0 Å². The third-order valence-corrected chi connectivity index (χ3v) is 5.33. The topological polar surface area (TPSA) is 17.1 Å². The minimum Gasteiger partial charge on any atom is -0.328 e. The van der Waals surface area contributed by atoms with Gasteiger partial charge in [0.25, 0.3) is 0 Å². The van der Waals surface area contributed by atoms with Crippen LogP contribution in [0.4, 0.5) is 0 Å². The van der Waals surface area contributed by atoms with Gasteiger partial charge in [-0.3, -0.25) is 4.79 Å². The van der Waals surface area contributed by atoms with Crippen LogP contribution in [0.2, 0.25) is 0 Å². The predicted octanol–water partition coefficient (Wildman–Crippen LogP) is 3.23. The highest BCUT2D eigenvalue weighted by Crippen LogP contribution is 2.20. The van der Waals surface area contributed by atoms with Crippen molar-refractivity contribution in [1.29, 1.82) is 0 Å². The zero-order valence-electron chi connectivity index (χ0n) is 15.2. The maximum absolute atomic E-state index is 11.4. The Kier molecular flexibility index (Phi) is 7.35. The first-order chi connectivity index (χ1) is 9.77. The first-order valence-electron chi connectivity index (χ1n) is 8.93. The highest BCUT2D eigenvalue weighted by molar-refractivity contribution is 5.78. The number of nitrogens with zero attached hydrogens (tertiary/aromatic N) is 2. The van der Waals surface area contributed by atoms with Crippen molar-refractivity contribution in [3.63, 3.8) is 0 Å². The Bertz CT molecular complexity index is 310. The van der Waals surface area contributed by atoms with Gasteiger partial charge in [-0.05, 0) is 12.8 Å². The summed E-state index contributed by atoms with van der Waals surface area (Å²) in [5.41, 5.74) is 0. The van der Waals surface area contributed by atoms with Gasteiger partial charge in [-0.25, -0.2) is 0 Å². The van der Waals surface area contributed by atoms with Crippen molar-refractivity contribution in [1.82, 2.24) is 0 Å². The van der Waals surface area contributed by atoms with Crippen LogP contribution in [0.15, 0.2) is 0 Å². The summed E-state index contributed by atoms with van der Waals surface area (Å²) in [5, 5.41) is 0. The molecule has 1 saturated heterocycles. The smallest absolute Gasteiger partial charge is 0.144 e. The van der Waals surface area contributed by atoms with Crippen LogP contribution in [0.3, 0.4) is 0 Å². The van der Waals surface area contributed by atoms with Crippen LogP contribution in [0.1, 0.15) is 58.3 Å². The van der Waals surface area contributed by atoms with Crippen molar-refractivity contribution in [2.24, 2.45) is 0 Å². The molecule has 0 aromatic rings. The number of carbonyl (C=O) groups excluding carboxylic acids is 1. The lowest BCUT2D eigenvalue weighted by molar-refractivity contribution is -0.913. The van der Waals surface area contributed by atoms with Gasteiger partial charge in [0.2, 0.25) is 0 Å². The number of unbranched alkanes of at least 4 members (excludes halogenated alkanes) is 2. The third-order valence-electron chi connectivity index (χ3n) is 5.33. The van der Waals surface area contributed by atoms with Gasteiger partial charge < -0.3 is 8.97 Å². The van der Waals surface area contributed by atoms with Gasteiger partial charge in [-0.15, -0.1) is 0 Å². The van der Waals surface area contributed by atoms with E-state index in [1.807, 2.05) is 0 Å². The fraction of sp³-hybridized carbons (Fsp3) is 0.944. The van der Waals surface area contributed by atoms with Gasteiger partial charge in [0.15, 0.2) is 0 Å². The number of hydrogen-bond donors (Lipinski definition) is 0. The molecular weight excluding hydrogens is 260 g/mol. The Hall–Kier alpha value is -0.410. The van der Waals surface area contributed by atoms with E-state index in [2.05, 4.69) is 35.1 Å². The molecule has 124 valence electrons. The van der Waals surface area contributed by atoms with Crippen molar-refractivity contribution >= 4 is 5.78 Å². The summed E-state index contributed by atoms with van der Waals surface area (Å²) in [5.74, 6) is 0.467. The van der Waals surface area contributed by atoms with Crippen molar-refractivity contribution in [3.05, 3.63) is 0 Å². The van der Waals surface area contributed by atoms with Crippen LogP contribution in [0.25, 0.3) is 0 Å². The van der Waals surface area contributed by atoms with E-state index in [0.29, 0.717) is 5.78 Å². The lowest BCUT2D eigenvalue weighted by Gasteiger charge is -2.39. The molecule has 3 heteroatoms. The number of Topliss-reactive ketones (excluding diaryl/α,β-unsaturated/α-hetero) is 1. The summed E-state index contributed by atoms with van der Waals surface area (Å²) in [6, 6.07) is 0.787. The summed E-state index contributed by atoms with van der Waals surface area (Å²) in [6.07, 6.45) is 9.64. The standard InChI is InChI=1S/C18H38N2O/c1-6-7-8-10-17(19(2,3)4)11-9-14-20(5)15-12-18(21)13-16-20/h17H,6-16H2,1-5H3/q+2. The molecule has 0 spiro atoms. The van der Waals surface area contributed by atoms with E-state index in [9.17, 15) is 4.79 Å². The fourth-order valence-electron chi connectivity index (χ4n) is 3.51. The van der Waals surface area contributed by atoms with Crippen LogP contribution in [0, 0.1) is 0 Å². The van der Waals surface area contributed by atoms with Crippen molar-refractivity contribution in [2.45, 2.75) is 64.3 Å². The van der Waals surface area contributed by atoms with Crippen molar-refractivity contribution in [2.75, 3.05) is 47.8 Å². The Morgan fingerprint density at radius 3 is 2.14 bits per heavy atom. The number of quaternary nitrogens is 2. The van der Waals surface area contributed by atoms with E-state index in [-0.39, 0.29) is 0 Å². The van der Waals surface area contributed by atoms with Crippen LogP contribution in [-0.2, 0) is 4.79 Å². The molecule has 0 bridgehead atoms. The molecule has 1 aliphatic rings. The number of ketones is 1. The van der Waals surface area contributed by atoms with Crippen LogP contribution in [0.5, 0.6) is 0 Å². The second kappa shape index (κ2) is 8.28. The van der Waals surface area contributed by atoms with Crippen LogP contribution >= 0.6 is 0 Å². The Morgan fingerprint density at radius 1 is 1.05 bits per heavy atom. The highest BCUT2D eigenvalue weighted by Gasteiger charge is 2.29. The van der Waals surface area contributed by atoms with E-state index < -0.39 is 0 Å². The molecule has 0 aromatic heterocycles. The molecule has 0 saturated carbocycles. The number of hydrogen-bond acceptors (Lipinski definition) is 1. The minimum absolute atomic E-state index is 0.467. The Labute approximate surface area is 132 Å². The van der Waals surface area contributed by atoms with Crippen molar-refractivity contribution in [3.8, 4) is 0 Å². The molecule has 21 heavy (non-hydrogen) atoms. The van der Waals surface area contributed by atoms with Gasteiger partial charge >= 0.3 is 0 Å². The first-order valence-corrected chi connectivity index (χ1v) is 8.93. The van der Waals surface area contributed by atoms with E-state index >= 15 is 0 Å². The van der Waals surface area contributed by atoms with Crippen LogP contribution < -0.4 is 0 Å². The van der Waals surface area contributed by atoms with Gasteiger partial charge in [0, 0.05) is 12.8 Å². The summed E-state index contributed by atoms with van der Waals surface area (Å²) in [4.78, 5) is 11.4. The first kappa shape index (κ1) is 18.6. The minimum atomic E-state index is 0.467. The largest absolute Gasteiger partial charge is 0.328 e. The van der Waals surface area contributed by atoms with Gasteiger partial charge in [-0.2, -0.15) is 0 Å². The molecule has 0 radical (unpaired) electrons. The average molecular weight is 299 g/mol. The summed E-state index contributed by atoms with van der Waals surface area (Å²) in [7, 11) is 9.36. The summed E-state index contributed by atoms with van der Waals surface area (Å²) in [6.45, 7) is 5.65. The summed E-state index contributed by atoms with van der Waals surface area (Å²) >= 11 is 0. The maximum Gasteiger partial charge on any atom is 0.144 e. The second-order valence-electron chi connectivity index (χ2n) is 8.24. The Morgan fingerprint density at radius 2 is 1.62 bits per heavy atom. The lowest BCUT2D eigenvalue weighted by Crippen LogP contribution is -2.51. The van der Waals surface area contributed by atoms with Gasteiger partial charge in [0.05, 0.1) is 66.7 Å². The third kappa shape index (κ3) is 6.92. The van der Waals surface area contributed by atoms with Crippen LogP contribution in [-0.4, -0.2) is 68.6 Å². The molecule has 1 rings (SSSR count). The quantitative estimate of drug-likeness (QED) is 0.472. The average Bonchev–Trinajstić information content (AvgIpc) is 2.40. The molecule has 0 N–H and O–H groups in total. The molecule has 1 heterocycles. The molecule has 0 aliphatic carbocycles. The molecular formula is C18H38N2O+2. The molecule has 1 unspecified atom stereocenters. The van der Waals surface area contributed by atoms with E-state index in [1.165, 1.54) is 45.1 Å². The van der Waals surface area contributed by atoms with Gasteiger partial charge in [-0.1, -0.05) is 19.8 Å². The summed E-state index contributed by atoms with van der Waals surface area (Å²) < 4.78 is 2.20. The van der Waals surface area contributed by atoms with E-state index in [0.717, 1.165) is 40.9 Å². The fourth-order valence-corrected chi connectivity index (χ4v) is 3.51. The maximum atomic E-state index is 11.4. The zero-order chi connectivity index (χ0) is 15.9. The zero-order valence-corrected chi connectivity index (χ0v) is 15.2. The van der Waals surface area contributed by atoms with E-state index in [4.69, 9.17) is 0 Å². The molecule has 3 nitrogen and oxygen atoms in total. The highest BCUT2D eigenvalue weighted by atomic mass is 16.1. The molecule has 1 aliphatic heterocycles. The van der Waals surface area contributed by atoms with Crippen molar-refractivity contribution < 1.29 is 13.8 Å². The van der Waals surface area contributed by atoms with Gasteiger partial charge in [0.1, 0.15) is 5.78 Å². The number of likely N-dealkylation sites (tertiary alicyclic amines) is 1. The number of piperidine rings is 1. The second-order valence-corrected chi connectivity index (χ2v) is 8.24. The normalized spacial score (nSPS) is 20.5. The SMILES string of the molecule is CCCCCC(CCC[N+]1(C)CCC(=O)CC1)[N+](C)(C)C. The monoisotopic (exact) mass is 298 g/mol. The Balaban J connectivity index is 2.37. The molecule has 1 fully saturated rings. The number of carbonyl (C=O) groups is 1. The predicted molar refractivity (Wildman–Crippen MR) is 90.2 cm³/mol. The molecule has 1 atom stereocenters. The number of rotatable bonds is 9. The lowest BCUT2D eigenvalue weighted by atomic mass is 10.00. The molecule has 0 amide bonds.